The van der Waals surface area contributed by atoms with Crippen LogP contribution in [-0.4, -0.2) is 18.1 Å². The minimum Gasteiger partial charge on any atom is -0.326 e. The molecule has 1 aromatic carbocycles. The molecule has 3 nitrogen and oxygen atoms in total. The molecule has 1 aliphatic heterocycles. The van der Waals surface area contributed by atoms with Crippen LogP contribution in [0.3, 0.4) is 0 Å². The average Bonchev–Trinajstić information content (AvgIpc) is 2.55. The zero-order chi connectivity index (χ0) is 14.5. The number of aromatic nitrogens is 1. The molecule has 1 N–H and O–H groups in total. The van der Waals surface area contributed by atoms with Gasteiger partial charge in [-0.05, 0) is 55.1 Å². The van der Waals surface area contributed by atoms with E-state index in [-0.39, 0.29) is 0 Å². The largest absolute Gasteiger partial charge is 0.326 e. The van der Waals surface area contributed by atoms with Crippen LogP contribution >= 0.6 is 0 Å². The summed E-state index contributed by atoms with van der Waals surface area (Å²) in [4.78, 5) is 6.94. The molecule has 2 heterocycles. The van der Waals surface area contributed by atoms with Gasteiger partial charge < -0.3 is 10.2 Å². The Bertz CT molecular complexity index is 595. The second-order valence-corrected chi connectivity index (χ2v) is 5.58. The molecule has 0 saturated carbocycles. The van der Waals surface area contributed by atoms with Gasteiger partial charge in [-0.1, -0.05) is 25.1 Å². The van der Waals surface area contributed by atoms with Crippen LogP contribution in [0.15, 0.2) is 42.6 Å². The molecule has 0 unspecified atom stereocenters. The Morgan fingerprint density at radius 2 is 2.14 bits per heavy atom. The molecule has 0 bridgehead atoms. The van der Waals surface area contributed by atoms with Gasteiger partial charge in [-0.15, -0.1) is 0 Å². The van der Waals surface area contributed by atoms with Crippen LogP contribution in [0.5, 0.6) is 0 Å². The van der Waals surface area contributed by atoms with E-state index in [1.165, 1.54) is 29.7 Å². The van der Waals surface area contributed by atoms with Gasteiger partial charge in [0.25, 0.3) is 0 Å². The SMILES string of the molecule is CCCNCc1ccnc(N2CCCc3ccccc32)c1. The van der Waals surface area contributed by atoms with Crippen LogP contribution in [0, 0.1) is 0 Å². The predicted molar refractivity (Wildman–Crippen MR) is 88.0 cm³/mol. The number of pyridine rings is 1. The minimum atomic E-state index is 0.916. The molecule has 21 heavy (non-hydrogen) atoms. The highest BCUT2D eigenvalue weighted by Gasteiger charge is 2.18. The normalized spacial score (nSPS) is 14.0. The van der Waals surface area contributed by atoms with Crippen LogP contribution < -0.4 is 10.2 Å². The smallest absolute Gasteiger partial charge is 0.133 e. The fourth-order valence-electron chi connectivity index (χ4n) is 2.90. The zero-order valence-corrected chi connectivity index (χ0v) is 12.7. The van der Waals surface area contributed by atoms with E-state index in [0.717, 1.165) is 31.9 Å². The van der Waals surface area contributed by atoms with Gasteiger partial charge in [-0.3, -0.25) is 0 Å². The third-order valence-corrected chi connectivity index (χ3v) is 3.95. The Kier molecular flexibility index (Phi) is 4.51. The third-order valence-electron chi connectivity index (χ3n) is 3.95. The number of anilines is 2. The summed E-state index contributed by atoms with van der Waals surface area (Å²) in [6, 6.07) is 13.0. The fraction of sp³-hybridized carbons (Fsp3) is 0.389. The first-order chi connectivity index (χ1) is 10.4. The quantitative estimate of drug-likeness (QED) is 0.848. The molecule has 3 rings (SSSR count). The van der Waals surface area contributed by atoms with Crippen molar-refractivity contribution in [3.63, 3.8) is 0 Å². The Morgan fingerprint density at radius 1 is 1.24 bits per heavy atom. The Balaban J connectivity index is 1.83. The summed E-state index contributed by atoms with van der Waals surface area (Å²) in [5.41, 5.74) is 4.05. The standard InChI is InChI=1S/C18H23N3/c1-2-10-19-14-15-9-11-20-18(13-15)21-12-5-7-16-6-3-4-8-17(16)21/h3-4,6,8-9,11,13,19H,2,5,7,10,12,14H2,1H3. The number of hydrogen-bond donors (Lipinski definition) is 1. The first kappa shape index (κ1) is 14.1. The van der Waals surface area contributed by atoms with E-state index in [0.29, 0.717) is 0 Å². The molecule has 2 aromatic rings. The zero-order valence-electron chi connectivity index (χ0n) is 12.7. The Hall–Kier alpha value is -1.87. The number of nitrogens with zero attached hydrogens (tertiary/aromatic N) is 2. The highest BCUT2D eigenvalue weighted by atomic mass is 15.2. The lowest BCUT2D eigenvalue weighted by atomic mass is 10.0. The second-order valence-electron chi connectivity index (χ2n) is 5.58. The van der Waals surface area contributed by atoms with Gasteiger partial charge in [-0.2, -0.15) is 0 Å². The lowest BCUT2D eigenvalue weighted by molar-refractivity contribution is 0.674. The van der Waals surface area contributed by atoms with Gasteiger partial charge in [0.05, 0.1) is 0 Å². The molecule has 0 fully saturated rings. The lowest BCUT2D eigenvalue weighted by Crippen LogP contribution is -2.25. The molecule has 0 amide bonds. The molecule has 1 aromatic heterocycles. The van der Waals surface area contributed by atoms with Gasteiger partial charge in [0, 0.05) is 25.0 Å². The van der Waals surface area contributed by atoms with Crippen molar-refractivity contribution in [1.29, 1.82) is 0 Å². The fourth-order valence-corrected chi connectivity index (χ4v) is 2.90. The maximum Gasteiger partial charge on any atom is 0.133 e. The summed E-state index contributed by atoms with van der Waals surface area (Å²) in [6.45, 7) is 5.22. The molecule has 0 saturated heterocycles. The molecule has 110 valence electrons. The second kappa shape index (κ2) is 6.72. The number of para-hydroxylation sites is 1. The van der Waals surface area contributed by atoms with Crippen molar-refractivity contribution < 1.29 is 0 Å². The van der Waals surface area contributed by atoms with Crippen LogP contribution in [0.1, 0.15) is 30.9 Å². The van der Waals surface area contributed by atoms with E-state index in [2.05, 4.69) is 58.5 Å². The summed E-state index contributed by atoms with van der Waals surface area (Å²) >= 11 is 0. The lowest BCUT2D eigenvalue weighted by Gasteiger charge is -2.30. The number of fused-ring (bicyclic) bond motifs is 1. The van der Waals surface area contributed by atoms with E-state index >= 15 is 0 Å². The number of nitrogens with one attached hydrogen (secondary N) is 1. The van der Waals surface area contributed by atoms with Gasteiger partial charge >= 0.3 is 0 Å². The number of hydrogen-bond acceptors (Lipinski definition) is 3. The number of rotatable bonds is 5. The van der Waals surface area contributed by atoms with Crippen LogP contribution in [0.2, 0.25) is 0 Å². The minimum absolute atomic E-state index is 0.916. The topological polar surface area (TPSA) is 28.2 Å². The van der Waals surface area contributed by atoms with E-state index in [1.54, 1.807) is 0 Å². The monoisotopic (exact) mass is 281 g/mol. The van der Waals surface area contributed by atoms with Crippen molar-refractivity contribution in [3.05, 3.63) is 53.7 Å². The summed E-state index contributed by atoms with van der Waals surface area (Å²) in [5, 5.41) is 3.45. The van der Waals surface area contributed by atoms with E-state index in [1.807, 2.05) is 6.20 Å². The van der Waals surface area contributed by atoms with Crippen molar-refractivity contribution in [2.45, 2.75) is 32.7 Å². The summed E-state index contributed by atoms with van der Waals surface area (Å²) in [7, 11) is 0. The van der Waals surface area contributed by atoms with Crippen LogP contribution in [0.25, 0.3) is 0 Å². The van der Waals surface area contributed by atoms with Gasteiger partial charge in [-0.25, -0.2) is 4.98 Å². The number of aryl methyl sites for hydroxylation is 1. The molecular weight excluding hydrogens is 258 g/mol. The van der Waals surface area contributed by atoms with Gasteiger partial charge in [0.15, 0.2) is 0 Å². The molecular formula is C18H23N3. The van der Waals surface area contributed by atoms with Crippen molar-refractivity contribution in [2.24, 2.45) is 0 Å². The summed E-state index contributed by atoms with van der Waals surface area (Å²) in [5.74, 6) is 1.07. The predicted octanol–water partition coefficient (Wildman–Crippen LogP) is 3.67. The van der Waals surface area contributed by atoms with E-state index < -0.39 is 0 Å². The van der Waals surface area contributed by atoms with Crippen molar-refractivity contribution in [3.8, 4) is 0 Å². The first-order valence-electron chi connectivity index (χ1n) is 7.89. The molecule has 0 atom stereocenters. The average molecular weight is 281 g/mol. The molecule has 0 aliphatic carbocycles. The third kappa shape index (κ3) is 3.24. The van der Waals surface area contributed by atoms with Crippen LogP contribution in [0.4, 0.5) is 11.5 Å². The summed E-state index contributed by atoms with van der Waals surface area (Å²) in [6.07, 6.45) is 5.45. The molecule has 0 spiro atoms. The molecule has 3 heteroatoms. The Morgan fingerprint density at radius 3 is 3.05 bits per heavy atom. The van der Waals surface area contributed by atoms with Crippen LogP contribution in [-0.2, 0) is 13.0 Å². The van der Waals surface area contributed by atoms with E-state index in [4.69, 9.17) is 0 Å². The molecule has 0 radical (unpaired) electrons. The van der Waals surface area contributed by atoms with E-state index in [9.17, 15) is 0 Å². The first-order valence-corrected chi connectivity index (χ1v) is 7.89. The van der Waals surface area contributed by atoms with Crippen molar-refractivity contribution in [1.82, 2.24) is 10.3 Å². The highest BCUT2D eigenvalue weighted by Crippen LogP contribution is 2.32. The Labute approximate surface area is 127 Å². The molecule has 1 aliphatic rings. The van der Waals surface area contributed by atoms with Crippen molar-refractivity contribution in [2.75, 3.05) is 18.0 Å². The number of benzene rings is 1. The van der Waals surface area contributed by atoms with Crippen molar-refractivity contribution >= 4 is 11.5 Å². The maximum absolute atomic E-state index is 4.59. The highest BCUT2D eigenvalue weighted by molar-refractivity contribution is 5.65. The maximum atomic E-state index is 4.59. The van der Waals surface area contributed by atoms with Gasteiger partial charge in [0.2, 0.25) is 0 Å². The summed E-state index contributed by atoms with van der Waals surface area (Å²) < 4.78 is 0. The van der Waals surface area contributed by atoms with Gasteiger partial charge in [0.1, 0.15) is 5.82 Å².